The monoisotopic (exact) mass is 491 g/mol. The van der Waals surface area contributed by atoms with E-state index in [1.165, 1.54) is 0 Å². The first-order valence-corrected chi connectivity index (χ1v) is 15.1. The van der Waals surface area contributed by atoms with Crippen molar-refractivity contribution < 1.29 is 18.8 Å². The van der Waals surface area contributed by atoms with E-state index in [-0.39, 0.29) is 41.5 Å². The third-order valence-electron chi connectivity index (χ3n) is 6.79. The lowest BCUT2D eigenvalue weighted by Crippen LogP contribution is -2.69. The van der Waals surface area contributed by atoms with Crippen LogP contribution in [0.15, 0.2) is 30.3 Å². The number of carbonyl (C=O) groups is 2. The van der Waals surface area contributed by atoms with Crippen LogP contribution in [0.25, 0.3) is 0 Å². The third kappa shape index (κ3) is 6.52. The number of β-lactam (4-membered cyclic amide) rings is 1. The predicted molar refractivity (Wildman–Crippen MR) is 140 cm³/mol. The second-order valence-electron chi connectivity index (χ2n) is 11.7. The first-order chi connectivity index (χ1) is 15.0. The molecule has 0 radical (unpaired) electrons. The molecule has 1 heterocycles. The molecule has 0 unspecified atom stereocenters. The molecule has 0 saturated carbocycles. The van der Waals surface area contributed by atoms with E-state index in [4.69, 9.17) is 21.4 Å². The van der Waals surface area contributed by atoms with Crippen molar-refractivity contribution in [3.05, 3.63) is 35.9 Å². The Bertz CT molecular complexity index is 873. The van der Waals surface area contributed by atoms with Gasteiger partial charge in [-0.1, -0.05) is 70.2 Å². The van der Waals surface area contributed by atoms with Crippen LogP contribution in [0.3, 0.4) is 0 Å². The van der Waals surface area contributed by atoms with Crippen molar-refractivity contribution >= 4 is 37.3 Å². The van der Waals surface area contributed by atoms with E-state index in [1.54, 1.807) is 4.90 Å². The summed E-state index contributed by atoms with van der Waals surface area (Å²) in [5.74, 6) is -0.939. The summed E-state index contributed by atoms with van der Waals surface area (Å²) in [4.78, 5) is 28.3. The molecule has 1 aliphatic rings. The third-order valence-corrected chi connectivity index (χ3v) is 12.0. The fourth-order valence-electron chi connectivity index (χ4n) is 4.09. The van der Waals surface area contributed by atoms with Crippen LogP contribution in [0.4, 0.5) is 0 Å². The minimum absolute atomic E-state index is 0.0324. The minimum atomic E-state index is -2.08. The van der Waals surface area contributed by atoms with Crippen LogP contribution in [0.1, 0.15) is 61.0 Å². The first kappa shape index (κ1) is 27.7. The quantitative estimate of drug-likeness (QED) is 0.155. The normalized spacial score (nSPS) is 21.3. The Morgan fingerprint density at radius 1 is 1.09 bits per heavy atom. The van der Waals surface area contributed by atoms with Crippen molar-refractivity contribution in [2.24, 2.45) is 11.8 Å². The number of benzene rings is 1. The number of amides is 1. The number of esters is 1. The zero-order valence-electron chi connectivity index (χ0n) is 21.9. The van der Waals surface area contributed by atoms with E-state index in [2.05, 4.69) is 33.9 Å². The molecule has 184 valence electrons. The molecule has 2 rings (SSSR count). The number of nitrogens with zero attached hydrogens (tertiary/aromatic N) is 1. The lowest BCUT2D eigenvalue weighted by molar-refractivity contribution is -0.176. The van der Waals surface area contributed by atoms with Crippen LogP contribution in [0, 0.1) is 11.8 Å². The summed E-state index contributed by atoms with van der Waals surface area (Å²) in [5.41, 5.74) is 0.358. The van der Waals surface area contributed by atoms with Gasteiger partial charge in [0.25, 0.3) is 0 Å². The van der Waals surface area contributed by atoms with Crippen LogP contribution in [-0.2, 0) is 18.8 Å². The average Bonchev–Trinajstić information content (AvgIpc) is 2.66. The smallest absolute Gasteiger partial charge is 0.326 e. The molecule has 0 aromatic heterocycles. The number of carbonyl (C=O) groups excluding carboxylic acids is 2. The highest BCUT2D eigenvalue weighted by molar-refractivity contribution is 7.80. The number of rotatable bonds is 8. The van der Waals surface area contributed by atoms with Gasteiger partial charge in [0, 0.05) is 10.8 Å². The predicted octanol–water partition coefficient (Wildman–Crippen LogP) is 5.62. The molecule has 1 aliphatic heterocycles. The van der Waals surface area contributed by atoms with Gasteiger partial charge in [-0.15, -0.1) is 0 Å². The maximum Gasteiger partial charge on any atom is 0.326 e. The molecule has 0 bridgehead atoms. The lowest BCUT2D eigenvalue weighted by Gasteiger charge is -2.53. The Morgan fingerprint density at radius 3 is 2.12 bits per heavy atom. The highest BCUT2D eigenvalue weighted by atomic mass is 32.1. The van der Waals surface area contributed by atoms with E-state index in [1.807, 2.05) is 65.0 Å². The Labute approximate surface area is 206 Å². The van der Waals surface area contributed by atoms with Crippen LogP contribution in [-0.4, -0.2) is 54.2 Å². The zero-order valence-corrected chi connectivity index (χ0v) is 23.7. The second kappa shape index (κ2) is 9.96. The van der Waals surface area contributed by atoms with Gasteiger partial charge in [-0.05, 0) is 51.4 Å². The lowest BCUT2D eigenvalue weighted by atomic mass is 9.74. The van der Waals surface area contributed by atoms with E-state index in [9.17, 15) is 9.59 Å². The summed E-state index contributed by atoms with van der Waals surface area (Å²) >= 11 is 5.83. The van der Waals surface area contributed by atoms with Crippen molar-refractivity contribution in [3.8, 4) is 0 Å². The number of hydrogen-bond donors (Lipinski definition) is 0. The maximum atomic E-state index is 13.3. The van der Waals surface area contributed by atoms with E-state index >= 15 is 0 Å². The molecule has 0 spiro atoms. The fourth-order valence-corrected chi connectivity index (χ4v) is 5.79. The number of ether oxygens (including phenoxy) is 1. The number of thiocarbonyl (C=S) groups is 1. The van der Waals surface area contributed by atoms with Gasteiger partial charge in [-0.25, -0.2) is 0 Å². The fraction of sp³-hybridized carbons (Fsp3) is 0.654. The molecule has 1 aromatic rings. The molecule has 1 saturated heterocycles. The summed E-state index contributed by atoms with van der Waals surface area (Å²) in [5, 5.41) is 0.0324. The van der Waals surface area contributed by atoms with Crippen molar-refractivity contribution in [1.82, 2.24) is 4.90 Å². The average molecular weight is 492 g/mol. The minimum Gasteiger partial charge on any atom is -0.459 e. The Balaban J connectivity index is 2.31. The summed E-state index contributed by atoms with van der Waals surface area (Å²) in [6, 6.07) is 9.62. The van der Waals surface area contributed by atoms with Crippen molar-refractivity contribution in [1.29, 1.82) is 0 Å². The van der Waals surface area contributed by atoms with Gasteiger partial charge in [0.2, 0.25) is 5.91 Å². The van der Waals surface area contributed by atoms with Gasteiger partial charge >= 0.3 is 5.97 Å². The van der Waals surface area contributed by atoms with Crippen molar-refractivity contribution in [3.63, 3.8) is 0 Å². The Hall–Kier alpha value is -1.57. The van der Waals surface area contributed by atoms with Crippen LogP contribution in [0.5, 0.6) is 0 Å². The molecule has 1 fully saturated rings. The number of likely N-dealkylation sites (tertiary alicyclic amines) is 1. The van der Waals surface area contributed by atoms with Crippen LogP contribution >= 0.6 is 12.2 Å². The van der Waals surface area contributed by atoms with Gasteiger partial charge in [0.1, 0.15) is 12.1 Å². The van der Waals surface area contributed by atoms with Gasteiger partial charge in [0.15, 0.2) is 8.32 Å². The molecular weight excluding hydrogens is 450 g/mol. The molecule has 33 heavy (non-hydrogen) atoms. The Morgan fingerprint density at radius 2 is 1.64 bits per heavy atom. The van der Waals surface area contributed by atoms with Crippen LogP contribution in [0.2, 0.25) is 18.1 Å². The van der Waals surface area contributed by atoms with Crippen LogP contribution < -0.4 is 0 Å². The van der Waals surface area contributed by atoms with Gasteiger partial charge in [-0.3, -0.25) is 9.59 Å². The van der Waals surface area contributed by atoms with Crippen molar-refractivity contribution in [2.45, 2.75) is 91.3 Å². The highest BCUT2D eigenvalue weighted by Crippen LogP contribution is 2.42. The second-order valence-corrected chi connectivity index (χ2v) is 16.9. The number of hydrogen-bond acceptors (Lipinski definition) is 5. The first-order valence-electron chi connectivity index (χ1n) is 11.8. The van der Waals surface area contributed by atoms with Gasteiger partial charge in [-0.2, -0.15) is 0 Å². The topological polar surface area (TPSA) is 55.8 Å². The zero-order chi connectivity index (χ0) is 25.4. The standard InChI is InChI=1S/C26H41NO4SSi/c1-17(23(32)19-14-12-11-13-15-19)22-21(18(2)31-33(9,10)26(6,7)8)24(29)27(22)16-20(28)30-25(3,4)5/h11-15,17-18,21-22H,16H2,1-10H3/t17-,18+,21+,22+/m0/s1. The molecule has 1 aromatic carbocycles. The van der Waals surface area contributed by atoms with Crippen molar-refractivity contribution in [2.75, 3.05) is 6.54 Å². The molecule has 0 N–H and O–H groups in total. The van der Waals surface area contributed by atoms with E-state index in [0.29, 0.717) is 0 Å². The largest absolute Gasteiger partial charge is 0.459 e. The molecule has 4 atom stereocenters. The van der Waals surface area contributed by atoms with Gasteiger partial charge in [0.05, 0.1) is 18.1 Å². The molecule has 1 amide bonds. The Kier molecular flexibility index (Phi) is 8.35. The molecule has 7 heteroatoms. The summed E-state index contributed by atoms with van der Waals surface area (Å²) in [6.45, 7) is 20.4. The van der Waals surface area contributed by atoms with E-state index in [0.717, 1.165) is 10.4 Å². The summed E-state index contributed by atoms with van der Waals surface area (Å²) in [6.07, 6.45) is -0.265. The van der Waals surface area contributed by atoms with Gasteiger partial charge < -0.3 is 14.1 Å². The molecule has 5 nitrogen and oxygen atoms in total. The SMILES string of the molecule is C[C@H](C(=S)c1ccccc1)[C@@H]1[C@@H]([C@@H](C)O[Si](C)(C)C(C)(C)C)C(=O)N1CC(=O)OC(C)(C)C. The molecular formula is C26H41NO4SSi. The molecule has 0 aliphatic carbocycles. The summed E-state index contributed by atoms with van der Waals surface area (Å²) < 4.78 is 12.1. The van der Waals surface area contributed by atoms with E-state index < -0.39 is 19.9 Å². The highest BCUT2D eigenvalue weighted by Gasteiger charge is 2.55. The summed E-state index contributed by atoms with van der Waals surface area (Å²) in [7, 11) is -2.08. The maximum absolute atomic E-state index is 13.3.